The van der Waals surface area contributed by atoms with Gasteiger partial charge in [0, 0.05) is 38.1 Å². The Hall–Kier alpha value is -1.85. The van der Waals surface area contributed by atoms with Crippen LogP contribution >= 0.6 is 0 Å². The zero-order chi connectivity index (χ0) is 14.8. The number of anilines is 1. The van der Waals surface area contributed by atoms with Crippen molar-refractivity contribution >= 4 is 11.9 Å². The number of ether oxygens (including phenoxy) is 1. The molecular weight excluding hydrogens is 256 g/mol. The van der Waals surface area contributed by atoms with Gasteiger partial charge in [-0.3, -0.25) is 4.98 Å². The number of rotatable bonds is 1. The lowest BCUT2D eigenvalue weighted by Crippen LogP contribution is -2.54. The van der Waals surface area contributed by atoms with E-state index in [2.05, 4.69) is 21.8 Å². The van der Waals surface area contributed by atoms with E-state index in [-0.39, 0.29) is 12.1 Å². The molecule has 1 atom stereocenters. The van der Waals surface area contributed by atoms with Crippen molar-refractivity contribution in [1.82, 2.24) is 14.9 Å². The molecule has 6 heteroatoms. The second-order valence-corrected chi connectivity index (χ2v) is 6.03. The van der Waals surface area contributed by atoms with Crippen molar-refractivity contribution in [2.75, 3.05) is 24.5 Å². The highest BCUT2D eigenvalue weighted by Gasteiger charge is 2.30. The van der Waals surface area contributed by atoms with Crippen molar-refractivity contribution in [3.63, 3.8) is 0 Å². The summed E-state index contributed by atoms with van der Waals surface area (Å²) in [4.78, 5) is 24.4. The van der Waals surface area contributed by atoms with Crippen molar-refractivity contribution in [3.05, 3.63) is 18.6 Å². The predicted octanol–water partition coefficient (Wildman–Crippen LogP) is 1.92. The summed E-state index contributed by atoms with van der Waals surface area (Å²) in [6.07, 6.45) is 4.84. The van der Waals surface area contributed by atoms with Crippen LogP contribution in [0.15, 0.2) is 18.6 Å². The summed E-state index contributed by atoms with van der Waals surface area (Å²) in [5, 5.41) is 0. The van der Waals surface area contributed by atoms with Gasteiger partial charge < -0.3 is 14.5 Å². The highest BCUT2D eigenvalue weighted by Crippen LogP contribution is 2.18. The van der Waals surface area contributed by atoms with Gasteiger partial charge in [0.25, 0.3) is 0 Å². The predicted molar refractivity (Wildman–Crippen MR) is 76.6 cm³/mol. The largest absolute Gasteiger partial charge is 0.444 e. The second-order valence-electron chi connectivity index (χ2n) is 6.03. The minimum atomic E-state index is -0.456. The van der Waals surface area contributed by atoms with Gasteiger partial charge in [-0.1, -0.05) is 0 Å². The molecule has 1 unspecified atom stereocenters. The SMILES string of the molecule is CC1CN(C(=O)OC(C)(C)C)CCN1c1cnccn1. The molecule has 0 spiro atoms. The van der Waals surface area contributed by atoms with Gasteiger partial charge >= 0.3 is 6.09 Å². The van der Waals surface area contributed by atoms with Crippen LogP contribution in [0.3, 0.4) is 0 Å². The van der Waals surface area contributed by atoms with E-state index in [9.17, 15) is 4.79 Å². The molecule has 1 aromatic heterocycles. The van der Waals surface area contributed by atoms with E-state index in [0.29, 0.717) is 13.1 Å². The molecule has 1 amide bonds. The van der Waals surface area contributed by atoms with Crippen molar-refractivity contribution in [1.29, 1.82) is 0 Å². The van der Waals surface area contributed by atoms with Crippen LogP contribution in [-0.2, 0) is 4.74 Å². The third-order valence-electron chi connectivity index (χ3n) is 3.12. The first-order valence-electron chi connectivity index (χ1n) is 6.87. The Morgan fingerprint density at radius 1 is 1.35 bits per heavy atom. The summed E-state index contributed by atoms with van der Waals surface area (Å²) in [6.45, 7) is 9.71. The number of hydrogen-bond donors (Lipinski definition) is 0. The second kappa shape index (κ2) is 5.64. The molecule has 0 saturated carbocycles. The smallest absolute Gasteiger partial charge is 0.410 e. The molecule has 1 aromatic rings. The average Bonchev–Trinajstić information content (AvgIpc) is 2.37. The van der Waals surface area contributed by atoms with Crippen LogP contribution in [0.5, 0.6) is 0 Å². The fourth-order valence-corrected chi connectivity index (χ4v) is 2.23. The maximum Gasteiger partial charge on any atom is 0.410 e. The van der Waals surface area contributed by atoms with Crippen LogP contribution in [-0.4, -0.2) is 52.2 Å². The molecule has 2 rings (SSSR count). The Morgan fingerprint density at radius 2 is 2.10 bits per heavy atom. The van der Waals surface area contributed by atoms with Gasteiger partial charge in [0.05, 0.1) is 6.20 Å². The van der Waals surface area contributed by atoms with Gasteiger partial charge in [-0.2, -0.15) is 0 Å². The summed E-state index contributed by atoms with van der Waals surface area (Å²) in [5.41, 5.74) is -0.456. The third-order valence-corrected chi connectivity index (χ3v) is 3.12. The molecule has 20 heavy (non-hydrogen) atoms. The van der Waals surface area contributed by atoms with Crippen LogP contribution in [0, 0.1) is 0 Å². The van der Waals surface area contributed by atoms with E-state index < -0.39 is 5.60 Å². The fraction of sp³-hybridized carbons (Fsp3) is 0.643. The van der Waals surface area contributed by atoms with Gasteiger partial charge in [0.1, 0.15) is 11.4 Å². The number of hydrogen-bond acceptors (Lipinski definition) is 5. The number of aromatic nitrogens is 2. The number of carbonyl (C=O) groups is 1. The highest BCUT2D eigenvalue weighted by molar-refractivity contribution is 5.68. The standard InChI is InChI=1S/C14H22N4O2/c1-11-10-17(13(19)20-14(2,3)4)7-8-18(11)12-9-15-5-6-16-12/h5-6,9,11H,7-8,10H2,1-4H3. The summed E-state index contributed by atoms with van der Waals surface area (Å²) in [6, 6.07) is 0.188. The lowest BCUT2D eigenvalue weighted by Gasteiger charge is -2.40. The van der Waals surface area contributed by atoms with E-state index >= 15 is 0 Å². The van der Waals surface area contributed by atoms with E-state index in [1.165, 1.54) is 0 Å². The molecule has 0 aromatic carbocycles. The Morgan fingerprint density at radius 3 is 2.65 bits per heavy atom. The fourth-order valence-electron chi connectivity index (χ4n) is 2.23. The molecule has 2 heterocycles. The molecular formula is C14H22N4O2. The molecule has 1 fully saturated rings. The van der Waals surface area contributed by atoms with Crippen molar-refractivity contribution in [3.8, 4) is 0 Å². The van der Waals surface area contributed by atoms with Crippen LogP contribution in [0.25, 0.3) is 0 Å². The van der Waals surface area contributed by atoms with Crippen molar-refractivity contribution in [2.24, 2.45) is 0 Å². The molecule has 1 aliphatic heterocycles. The maximum atomic E-state index is 12.1. The van der Waals surface area contributed by atoms with Gasteiger partial charge in [-0.05, 0) is 27.7 Å². The summed E-state index contributed by atoms with van der Waals surface area (Å²) < 4.78 is 5.41. The van der Waals surface area contributed by atoms with E-state index in [4.69, 9.17) is 4.74 Å². The molecule has 0 bridgehead atoms. The average molecular weight is 278 g/mol. The summed E-state index contributed by atoms with van der Waals surface area (Å²) in [5.74, 6) is 0.851. The van der Waals surface area contributed by atoms with E-state index in [0.717, 1.165) is 12.4 Å². The molecule has 6 nitrogen and oxygen atoms in total. The van der Waals surface area contributed by atoms with E-state index in [1.807, 2.05) is 20.8 Å². The summed E-state index contributed by atoms with van der Waals surface area (Å²) >= 11 is 0. The number of piperazine rings is 1. The molecule has 1 aliphatic rings. The molecule has 110 valence electrons. The van der Waals surface area contributed by atoms with Gasteiger partial charge in [-0.25, -0.2) is 9.78 Å². The first kappa shape index (κ1) is 14.6. The van der Waals surface area contributed by atoms with Crippen molar-refractivity contribution < 1.29 is 9.53 Å². The number of nitrogens with zero attached hydrogens (tertiary/aromatic N) is 4. The Bertz CT molecular complexity index is 458. The minimum absolute atomic E-state index is 0.188. The molecule has 0 N–H and O–H groups in total. The quantitative estimate of drug-likeness (QED) is 0.785. The van der Waals surface area contributed by atoms with Crippen LogP contribution < -0.4 is 4.90 Å². The molecule has 0 aliphatic carbocycles. The Balaban J connectivity index is 1.97. The lowest BCUT2D eigenvalue weighted by molar-refractivity contribution is 0.0218. The zero-order valence-electron chi connectivity index (χ0n) is 12.5. The van der Waals surface area contributed by atoms with Crippen LogP contribution in [0.4, 0.5) is 10.6 Å². The first-order valence-corrected chi connectivity index (χ1v) is 6.87. The van der Waals surface area contributed by atoms with Gasteiger partial charge in [-0.15, -0.1) is 0 Å². The highest BCUT2D eigenvalue weighted by atomic mass is 16.6. The monoisotopic (exact) mass is 278 g/mol. The van der Waals surface area contributed by atoms with Crippen LogP contribution in [0.2, 0.25) is 0 Å². The zero-order valence-corrected chi connectivity index (χ0v) is 12.5. The van der Waals surface area contributed by atoms with Crippen LogP contribution in [0.1, 0.15) is 27.7 Å². The molecule has 1 saturated heterocycles. The third kappa shape index (κ3) is 3.59. The van der Waals surface area contributed by atoms with Gasteiger partial charge in [0.2, 0.25) is 0 Å². The van der Waals surface area contributed by atoms with Gasteiger partial charge in [0.15, 0.2) is 0 Å². The first-order chi connectivity index (χ1) is 9.37. The number of carbonyl (C=O) groups excluding carboxylic acids is 1. The van der Waals surface area contributed by atoms with Crippen molar-refractivity contribution in [2.45, 2.75) is 39.3 Å². The minimum Gasteiger partial charge on any atom is -0.444 e. The summed E-state index contributed by atoms with van der Waals surface area (Å²) in [7, 11) is 0. The lowest BCUT2D eigenvalue weighted by atomic mass is 10.2. The van der Waals surface area contributed by atoms with E-state index in [1.54, 1.807) is 23.5 Å². The maximum absolute atomic E-state index is 12.1. The molecule has 0 radical (unpaired) electrons. The number of amides is 1. The normalized spacial score (nSPS) is 19.9. The Labute approximate surface area is 119 Å². The Kier molecular flexibility index (Phi) is 4.11. The topological polar surface area (TPSA) is 58.6 Å².